The van der Waals surface area contributed by atoms with Gasteiger partial charge in [-0.15, -0.1) is 0 Å². The van der Waals surface area contributed by atoms with Gasteiger partial charge in [-0.1, -0.05) is 12.1 Å². The quantitative estimate of drug-likeness (QED) is 0.900. The fourth-order valence-corrected chi connectivity index (χ4v) is 3.27. The number of para-hydroxylation sites is 1. The molecule has 1 aromatic rings. The van der Waals surface area contributed by atoms with E-state index in [0.29, 0.717) is 38.4 Å². The number of piperazine rings is 1. The van der Waals surface area contributed by atoms with E-state index in [1.807, 2.05) is 15.9 Å². The van der Waals surface area contributed by atoms with Crippen LogP contribution in [0.25, 0.3) is 0 Å². The molecule has 0 bridgehead atoms. The molecule has 5 nitrogen and oxygen atoms in total. The van der Waals surface area contributed by atoms with Gasteiger partial charge in [0.15, 0.2) is 0 Å². The summed E-state index contributed by atoms with van der Waals surface area (Å²) < 4.78 is 13.8. The number of piperidine rings is 1. The molecule has 1 amide bonds. The zero-order valence-electron chi connectivity index (χ0n) is 13.3. The first kappa shape index (κ1) is 16.2. The first-order valence-corrected chi connectivity index (χ1v) is 8.31. The van der Waals surface area contributed by atoms with Gasteiger partial charge in [0, 0.05) is 39.3 Å². The summed E-state index contributed by atoms with van der Waals surface area (Å²) in [5, 5.41) is 9.51. The standard InChI is InChI=1S/C17H24FN3O2/c18-15-3-1-2-4-16(15)20-9-11-21(12-10-20)17(23)13-19-7-5-14(22)6-8-19/h1-4,14,22H,5-13H2. The van der Waals surface area contributed by atoms with Gasteiger partial charge >= 0.3 is 0 Å². The van der Waals surface area contributed by atoms with Crippen molar-refractivity contribution >= 4 is 11.6 Å². The molecule has 1 N–H and O–H groups in total. The Kier molecular flexibility index (Phi) is 5.13. The van der Waals surface area contributed by atoms with Crippen LogP contribution in [0, 0.1) is 5.82 Å². The molecule has 2 heterocycles. The van der Waals surface area contributed by atoms with Crippen molar-refractivity contribution in [2.24, 2.45) is 0 Å². The van der Waals surface area contributed by atoms with Gasteiger partial charge in [0.2, 0.25) is 5.91 Å². The van der Waals surface area contributed by atoms with Gasteiger partial charge in [-0.25, -0.2) is 4.39 Å². The highest BCUT2D eigenvalue weighted by Gasteiger charge is 2.25. The largest absolute Gasteiger partial charge is 0.393 e. The van der Waals surface area contributed by atoms with Crippen LogP contribution < -0.4 is 4.90 Å². The SMILES string of the molecule is O=C(CN1CCC(O)CC1)N1CCN(c2ccccc2F)CC1. The number of hydrogen-bond acceptors (Lipinski definition) is 4. The second kappa shape index (κ2) is 7.27. The maximum atomic E-state index is 13.8. The van der Waals surface area contributed by atoms with E-state index in [1.165, 1.54) is 6.07 Å². The summed E-state index contributed by atoms with van der Waals surface area (Å²) in [6.07, 6.45) is 1.27. The number of benzene rings is 1. The van der Waals surface area contributed by atoms with E-state index in [4.69, 9.17) is 0 Å². The van der Waals surface area contributed by atoms with E-state index in [1.54, 1.807) is 12.1 Å². The summed E-state index contributed by atoms with van der Waals surface area (Å²) in [6.45, 7) is 4.56. The van der Waals surface area contributed by atoms with E-state index >= 15 is 0 Å². The molecule has 2 fully saturated rings. The first-order valence-electron chi connectivity index (χ1n) is 8.31. The van der Waals surface area contributed by atoms with Crippen LogP contribution >= 0.6 is 0 Å². The van der Waals surface area contributed by atoms with E-state index in [9.17, 15) is 14.3 Å². The molecule has 2 aliphatic heterocycles. The minimum atomic E-state index is -0.217. The predicted octanol–water partition coefficient (Wildman–Crippen LogP) is 0.931. The lowest BCUT2D eigenvalue weighted by Gasteiger charge is -2.37. The second-order valence-corrected chi connectivity index (χ2v) is 6.33. The van der Waals surface area contributed by atoms with Gasteiger partial charge in [0.1, 0.15) is 5.82 Å². The minimum absolute atomic E-state index is 0.134. The predicted molar refractivity (Wildman–Crippen MR) is 86.9 cm³/mol. The summed E-state index contributed by atoms with van der Waals surface area (Å²) in [4.78, 5) is 18.4. The Bertz CT molecular complexity index is 538. The van der Waals surface area contributed by atoms with Crippen LogP contribution in [0.3, 0.4) is 0 Å². The molecule has 0 saturated carbocycles. The number of amides is 1. The van der Waals surface area contributed by atoms with Crippen molar-refractivity contribution in [1.29, 1.82) is 0 Å². The smallest absolute Gasteiger partial charge is 0.236 e. The van der Waals surface area contributed by atoms with Gasteiger partial charge in [-0.2, -0.15) is 0 Å². The molecule has 0 aliphatic carbocycles. The highest BCUT2D eigenvalue weighted by Crippen LogP contribution is 2.20. The normalized spacial score (nSPS) is 20.8. The zero-order valence-corrected chi connectivity index (χ0v) is 13.3. The lowest BCUT2D eigenvalue weighted by atomic mass is 10.1. The third-order valence-corrected chi connectivity index (χ3v) is 4.74. The summed E-state index contributed by atoms with van der Waals surface area (Å²) >= 11 is 0. The Morgan fingerprint density at radius 2 is 1.74 bits per heavy atom. The van der Waals surface area contributed by atoms with Gasteiger partial charge < -0.3 is 14.9 Å². The number of aliphatic hydroxyl groups is 1. The second-order valence-electron chi connectivity index (χ2n) is 6.33. The number of hydrogen-bond donors (Lipinski definition) is 1. The molecule has 2 aliphatic rings. The fourth-order valence-electron chi connectivity index (χ4n) is 3.27. The minimum Gasteiger partial charge on any atom is -0.393 e. The molecular formula is C17H24FN3O2. The van der Waals surface area contributed by atoms with Crippen molar-refractivity contribution in [3.8, 4) is 0 Å². The maximum absolute atomic E-state index is 13.8. The van der Waals surface area contributed by atoms with Crippen molar-refractivity contribution in [3.05, 3.63) is 30.1 Å². The highest BCUT2D eigenvalue weighted by atomic mass is 19.1. The number of rotatable bonds is 3. The third kappa shape index (κ3) is 4.00. The molecule has 0 radical (unpaired) electrons. The van der Waals surface area contributed by atoms with Crippen molar-refractivity contribution in [3.63, 3.8) is 0 Å². The molecule has 0 atom stereocenters. The fraction of sp³-hybridized carbons (Fsp3) is 0.588. The van der Waals surface area contributed by atoms with Crippen molar-refractivity contribution < 1.29 is 14.3 Å². The van der Waals surface area contributed by atoms with Gasteiger partial charge in [-0.05, 0) is 25.0 Å². The molecule has 2 saturated heterocycles. The summed E-state index contributed by atoms with van der Waals surface area (Å²) in [5.41, 5.74) is 0.615. The number of carbonyl (C=O) groups is 1. The first-order chi connectivity index (χ1) is 11.1. The molecule has 0 unspecified atom stereocenters. The average Bonchev–Trinajstić information content (AvgIpc) is 2.57. The molecule has 0 aromatic heterocycles. The monoisotopic (exact) mass is 321 g/mol. The van der Waals surface area contributed by atoms with Crippen LogP contribution in [0.4, 0.5) is 10.1 Å². The number of nitrogens with zero attached hydrogens (tertiary/aromatic N) is 3. The van der Waals surface area contributed by atoms with Gasteiger partial charge in [0.05, 0.1) is 18.3 Å². The maximum Gasteiger partial charge on any atom is 0.236 e. The zero-order chi connectivity index (χ0) is 16.2. The Morgan fingerprint density at radius 3 is 2.39 bits per heavy atom. The van der Waals surface area contributed by atoms with Crippen LogP contribution in [0.15, 0.2) is 24.3 Å². The lowest BCUT2D eigenvalue weighted by molar-refractivity contribution is -0.133. The van der Waals surface area contributed by atoms with Gasteiger partial charge in [-0.3, -0.25) is 9.69 Å². The number of likely N-dealkylation sites (tertiary alicyclic amines) is 1. The Labute approximate surface area is 136 Å². The molecule has 0 spiro atoms. The summed E-state index contributed by atoms with van der Waals surface area (Å²) in [7, 11) is 0. The summed E-state index contributed by atoms with van der Waals surface area (Å²) in [6, 6.07) is 6.78. The average molecular weight is 321 g/mol. The number of aliphatic hydroxyl groups excluding tert-OH is 1. The highest BCUT2D eigenvalue weighted by molar-refractivity contribution is 5.78. The van der Waals surface area contributed by atoms with Crippen molar-refractivity contribution in [2.75, 3.05) is 50.7 Å². The van der Waals surface area contributed by atoms with Gasteiger partial charge in [0.25, 0.3) is 0 Å². The molecule has 1 aromatic carbocycles. The Balaban J connectivity index is 1.49. The lowest BCUT2D eigenvalue weighted by Crippen LogP contribution is -2.52. The molecule has 6 heteroatoms. The van der Waals surface area contributed by atoms with E-state index < -0.39 is 0 Å². The van der Waals surface area contributed by atoms with Crippen molar-refractivity contribution in [1.82, 2.24) is 9.80 Å². The Hall–Kier alpha value is -1.66. The topological polar surface area (TPSA) is 47.0 Å². The molecular weight excluding hydrogens is 297 g/mol. The van der Waals surface area contributed by atoms with Crippen LogP contribution in [0.2, 0.25) is 0 Å². The van der Waals surface area contributed by atoms with Crippen LogP contribution in [-0.4, -0.2) is 72.7 Å². The number of anilines is 1. The Morgan fingerprint density at radius 1 is 1.09 bits per heavy atom. The van der Waals surface area contributed by atoms with E-state index in [-0.39, 0.29) is 17.8 Å². The molecule has 23 heavy (non-hydrogen) atoms. The van der Waals surface area contributed by atoms with Crippen molar-refractivity contribution in [2.45, 2.75) is 18.9 Å². The summed E-state index contributed by atoms with van der Waals surface area (Å²) in [5.74, 6) is -0.0753. The number of halogens is 1. The van der Waals surface area contributed by atoms with Crippen LogP contribution in [0.1, 0.15) is 12.8 Å². The van der Waals surface area contributed by atoms with Crippen LogP contribution in [-0.2, 0) is 4.79 Å². The third-order valence-electron chi connectivity index (χ3n) is 4.74. The van der Waals surface area contributed by atoms with E-state index in [0.717, 1.165) is 25.9 Å². The number of carbonyl (C=O) groups excluding carboxylic acids is 1. The van der Waals surface area contributed by atoms with Crippen LogP contribution in [0.5, 0.6) is 0 Å². The molecule has 3 rings (SSSR count). The van der Waals surface area contributed by atoms with E-state index in [2.05, 4.69) is 4.90 Å². The molecule has 126 valence electrons.